The molecule has 0 spiro atoms. The Hall–Kier alpha value is -0.300. The molecular formula is C12H19N. The van der Waals surface area contributed by atoms with Crippen LogP contribution in [0.2, 0.25) is 0 Å². The standard InChI is InChI=1S/C12H19N/c1-12(2)10(11(12)13)9-6-7-3-4-8(9)5-7/h3-4,7-11H,5-6,13H2,1-2H3/t7?,8?,9?,10-,11-/m1/s1. The van der Waals surface area contributed by atoms with E-state index < -0.39 is 0 Å². The minimum Gasteiger partial charge on any atom is -0.327 e. The van der Waals surface area contributed by atoms with Crippen molar-refractivity contribution in [3.8, 4) is 0 Å². The molecule has 0 aliphatic heterocycles. The van der Waals surface area contributed by atoms with Gasteiger partial charge in [0.05, 0.1) is 0 Å². The lowest BCUT2D eigenvalue weighted by molar-refractivity contribution is 0.342. The highest BCUT2D eigenvalue weighted by Crippen LogP contribution is 2.62. The summed E-state index contributed by atoms with van der Waals surface area (Å²) in [5, 5.41) is 0. The molecule has 1 heteroatoms. The minimum atomic E-state index is 0.434. The Morgan fingerprint density at radius 2 is 1.92 bits per heavy atom. The van der Waals surface area contributed by atoms with Gasteiger partial charge in [0.2, 0.25) is 0 Å². The van der Waals surface area contributed by atoms with Crippen LogP contribution in [0, 0.1) is 29.1 Å². The Morgan fingerprint density at radius 3 is 2.31 bits per heavy atom. The van der Waals surface area contributed by atoms with Crippen molar-refractivity contribution in [3.63, 3.8) is 0 Å². The van der Waals surface area contributed by atoms with Crippen LogP contribution in [-0.4, -0.2) is 6.04 Å². The maximum atomic E-state index is 6.13. The van der Waals surface area contributed by atoms with Crippen molar-refractivity contribution in [2.45, 2.75) is 32.7 Å². The normalized spacial score (nSPS) is 55.8. The first kappa shape index (κ1) is 8.05. The van der Waals surface area contributed by atoms with Crippen LogP contribution >= 0.6 is 0 Å². The summed E-state index contributed by atoms with van der Waals surface area (Å²) in [7, 11) is 0. The topological polar surface area (TPSA) is 26.0 Å². The predicted octanol–water partition coefficient (Wildman–Crippen LogP) is 2.18. The van der Waals surface area contributed by atoms with E-state index in [0.717, 1.165) is 23.7 Å². The Bertz CT molecular complexity index is 266. The molecule has 5 atom stereocenters. The second-order valence-electron chi connectivity index (χ2n) is 5.82. The maximum Gasteiger partial charge on any atom is 0.0131 e. The Labute approximate surface area is 80.4 Å². The molecule has 72 valence electrons. The summed E-state index contributed by atoms with van der Waals surface area (Å²) in [5.41, 5.74) is 6.57. The fourth-order valence-electron chi connectivity index (χ4n) is 3.77. The third kappa shape index (κ3) is 0.914. The van der Waals surface area contributed by atoms with Crippen molar-refractivity contribution in [3.05, 3.63) is 12.2 Å². The molecular weight excluding hydrogens is 158 g/mol. The zero-order chi connectivity index (χ0) is 9.22. The number of hydrogen-bond donors (Lipinski definition) is 1. The van der Waals surface area contributed by atoms with E-state index >= 15 is 0 Å². The van der Waals surface area contributed by atoms with Crippen molar-refractivity contribution >= 4 is 0 Å². The van der Waals surface area contributed by atoms with Gasteiger partial charge in [-0.1, -0.05) is 26.0 Å². The third-order valence-electron chi connectivity index (χ3n) is 4.79. The van der Waals surface area contributed by atoms with E-state index in [0.29, 0.717) is 11.5 Å². The fourth-order valence-corrected chi connectivity index (χ4v) is 3.77. The molecule has 0 heterocycles. The van der Waals surface area contributed by atoms with Crippen LogP contribution in [0.15, 0.2) is 12.2 Å². The van der Waals surface area contributed by atoms with Crippen molar-refractivity contribution in [2.24, 2.45) is 34.8 Å². The first-order valence-corrected chi connectivity index (χ1v) is 5.54. The summed E-state index contributed by atoms with van der Waals surface area (Å²) in [6.07, 6.45) is 7.70. The number of allylic oxidation sites excluding steroid dienone is 2. The number of fused-ring (bicyclic) bond motifs is 2. The molecule has 0 aromatic rings. The smallest absolute Gasteiger partial charge is 0.0131 e. The van der Waals surface area contributed by atoms with Crippen LogP contribution in [0.5, 0.6) is 0 Å². The lowest BCUT2D eigenvalue weighted by Crippen LogP contribution is -2.15. The van der Waals surface area contributed by atoms with Crippen LogP contribution in [0.3, 0.4) is 0 Å². The van der Waals surface area contributed by atoms with Crippen LogP contribution in [-0.2, 0) is 0 Å². The number of rotatable bonds is 1. The Balaban J connectivity index is 1.79. The van der Waals surface area contributed by atoms with E-state index in [1.54, 1.807) is 0 Å². The monoisotopic (exact) mass is 177 g/mol. The minimum absolute atomic E-state index is 0.434. The van der Waals surface area contributed by atoms with Gasteiger partial charge in [-0.05, 0) is 41.9 Å². The van der Waals surface area contributed by atoms with Gasteiger partial charge in [0.15, 0.2) is 0 Å². The van der Waals surface area contributed by atoms with Gasteiger partial charge in [-0.2, -0.15) is 0 Å². The summed E-state index contributed by atoms with van der Waals surface area (Å²) in [6.45, 7) is 4.66. The number of hydrogen-bond acceptors (Lipinski definition) is 1. The van der Waals surface area contributed by atoms with Gasteiger partial charge in [-0.3, -0.25) is 0 Å². The van der Waals surface area contributed by atoms with Gasteiger partial charge in [0.25, 0.3) is 0 Å². The Kier molecular flexibility index (Phi) is 1.36. The van der Waals surface area contributed by atoms with Gasteiger partial charge in [-0.15, -0.1) is 0 Å². The highest BCUT2D eigenvalue weighted by molar-refractivity contribution is 5.19. The van der Waals surface area contributed by atoms with E-state index in [2.05, 4.69) is 26.0 Å². The summed E-state index contributed by atoms with van der Waals surface area (Å²) in [5.74, 6) is 3.51. The maximum absolute atomic E-state index is 6.13. The Morgan fingerprint density at radius 1 is 1.23 bits per heavy atom. The molecule has 0 saturated heterocycles. The molecule has 2 bridgehead atoms. The zero-order valence-electron chi connectivity index (χ0n) is 8.53. The summed E-state index contributed by atoms with van der Waals surface area (Å²) < 4.78 is 0. The molecule has 0 amide bonds. The lowest BCUT2D eigenvalue weighted by Gasteiger charge is -2.19. The molecule has 3 aliphatic carbocycles. The van der Waals surface area contributed by atoms with Crippen LogP contribution < -0.4 is 5.73 Å². The van der Waals surface area contributed by atoms with Crippen molar-refractivity contribution in [2.75, 3.05) is 0 Å². The molecule has 2 N–H and O–H groups in total. The second kappa shape index (κ2) is 2.20. The zero-order valence-corrected chi connectivity index (χ0v) is 8.53. The van der Waals surface area contributed by atoms with E-state index in [1.165, 1.54) is 12.8 Å². The molecule has 0 aromatic carbocycles. The van der Waals surface area contributed by atoms with E-state index in [1.807, 2.05) is 0 Å². The van der Waals surface area contributed by atoms with E-state index in [4.69, 9.17) is 5.73 Å². The van der Waals surface area contributed by atoms with Gasteiger partial charge in [0, 0.05) is 6.04 Å². The summed E-state index contributed by atoms with van der Waals surface area (Å²) in [4.78, 5) is 0. The van der Waals surface area contributed by atoms with E-state index in [-0.39, 0.29) is 0 Å². The summed E-state index contributed by atoms with van der Waals surface area (Å²) >= 11 is 0. The predicted molar refractivity (Wildman–Crippen MR) is 54.1 cm³/mol. The third-order valence-corrected chi connectivity index (χ3v) is 4.79. The number of nitrogens with two attached hydrogens (primary N) is 1. The average Bonchev–Trinajstić information content (AvgIpc) is 2.54. The quantitative estimate of drug-likeness (QED) is 0.610. The van der Waals surface area contributed by atoms with Crippen LogP contribution in [0.25, 0.3) is 0 Å². The average molecular weight is 177 g/mol. The second-order valence-corrected chi connectivity index (χ2v) is 5.82. The van der Waals surface area contributed by atoms with Gasteiger partial charge >= 0.3 is 0 Å². The van der Waals surface area contributed by atoms with Crippen LogP contribution in [0.1, 0.15) is 26.7 Å². The molecule has 3 rings (SSSR count). The molecule has 1 nitrogen and oxygen atoms in total. The van der Waals surface area contributed by atoms with Gasteiger partial charge in [0.1, 0.15) is 0 Å². The molecule has 0 radical (unpaired) electrons. The van der Waals surface area contributed by atoms with Gasteiger partial charge < -0.3 is 5.73 Å². The van der Waals surface area contributed by atoms with E-state index in [9.17, 15) is 0 Å². The van der Waals surface area contributed by atoms with Gasteiger partial charge in [-0.25, -0.2) is 0 Å². The van der Waals surface area contributed by atoms with Crippen molar-refractivity contribution in [1.29, 1.82) is 0 Å². The molecule has 0 aromatic heterocycles. The molecule has 2 saturated carbocycles. The van der Waals surface area contributed by atoms with Crippen molar-refractivity contribution < 1.29 is 0 Å². The highest BCUT2D eigenvalue weighted by Gasteiger charge is 2.61. The molecule has 3 unspecified atom stereocenters. The largest absolute Gasteiger partial charge is 0.327 e. The van der Waals surface area contributed by atoms with Crippen molar-refractivity contribution in [1.82, 2.24) is 0 Å². The molecule has 2 fully saturated rings. The van der Waals surface area contributed by atoms with Crippen LogP contribution in [0.4, 0.5) is 0 Å². The highest BCUT2D eigenvalue weighted by atomic mass is 14.9. The summed E-state index contributed by atoms with van der Waals surface area (Å²) in [6, 6.07) is 0.477. The molecule has 13 heavy (non-hydrogen) atoms. The first-order valence-electron chi connectivity index (χ1n) is 5.54. The SMILES string of the molecule is CC1(C)[C@H](N)[C@H]1C1CC2C=CC1C2. The lowest BCUT2D eigenvalue weighted by atomic mass is 9.86. The molecule has 3 aliphatic rings. The fraction of sp³-hybridized carbons (Fsp3) is 0.833. The first-order chi connectivity index (χ1) is 6.10.